The van der Waals surface area contributed by atoms with Crippen LogP contribution in [-0.4, -0.2) is 35.3 Å². The van der Waals surface area contributed by atoms with Gasteiger partial charge in [0, 0.05) is 31.1 Å². The molecule has 2 aromatic heterocycles. The van der Waals surface area contributed by atoms with Gasteiger partial charge in [-0.3, -0.25) is 0 Å². The third kappa shape index (κ3) is 4.13. The molecule has 1 aliphatic heterocycles. The SMILES string of the molecule is COCc1nc(N2CCC(C(O)c3ccccc3)CC2)c2c(-c3ccccc3)csc2n1. The highest BCUT2D eigenvalue weighted by atomic mass is 32.1. The Kier molecular flexibility index (Phi) is 6.17. The highest BCUT2D eigenvalue weighted by Gasteiger charge is 2.28. The molecule has 3 heterocycles. The first kappa shape index (κ1) is 21.1. The maximum atomic E-state index is 10.9. The summed E-state index contributed by atoms with van der Waals surface area (Å²) in [6, 6.07) is 20.4. The molecule has 0 radical (unpaired) electrons. The molecule has 6 heteroatoms. The second kappa shape index (κ2) is 9.36. The summed E-state index contributed by atoms with van der Waals surface area (Å²) in [5.41, 5.74) is 3.36. The lowest BCUT2D eigenvalue weighted by molar-refractivity contribution is 0.0929. The number of benzene rings is 2. The number of piperidine rings is 1. The smallest absolute Gasteiger partial charge is 0.158 e. The summed E-state index contributed by atoms with van der Waals surface area (Å²) in [6.45, 7) is 2.11. The first-order chi connectivity index (χ1) is 15.7. The molecule has 2 aromatic carbocycles. The van der Waals surface area contributed by atoms with Crippen molar-refractivity contribution in [2.45, 2.75) is 25.6 Å². The van der Waals surface area contributed by atoms with Crippen molar-refractivity contribution in [1.82, 2.24) is 9.97 Å². The number of nitrogens with zero attached hydrogens (tertiary/aromatic N) is 3. The largest absolute Gasteiger partial charge is 0.388 e. The van der Waals surface area contributed by atoms with Crippen LogP contribution in [0.5, 0.6) is 0 Å². The summed E-state index contributed by atoms with van der Waals surface area (Å²) >= 11 is 1.66. The van der Waals surface area contributed by atoms with Crippen LogP contribution in [0.2, 0.25) is 0 Å². The fourth-order valence-electron chi connectivity index (χ4n) is 4.57. The summed E-state index contributed by atoms with van der Waals surface area (Å²) in [6.07, 6.45) is 1.42. The Hall–Kier alpha value is -2.80. The van der Waals surface area contributed by atoms with E-state index in [9.17, 15) is 5.11 Å². The molecule has 5 nitrogen and oxygen atoms in total. The molecular weight excluding hydrogens is 418 g/mol. The van der Waals surface area contributed by atoms with E-state index >= 15 is 0 Å². The van der Waals surface area contributed by atoms with Crippen molar-refractivity contribution >= 4 is 27.4 Å². The summed E-state index contributed by atoms with van der Waals surface area (Å²) in [7, 11) is 1.67. The van der Waals surface area contributed by atoms with Gasteiger partial charge >= 0.3 is 0 Å². The van der Waals surface area contributed by atoms with Crippen LogP contribution in [0.3, 0.4) is 0 Å². The molecule has 0 spiro atoms. The minimum Gasteiger partial charge on any atom is -0.388 e. The van der Waals surface area contributed by atoms with Crippen molar-refractivity contribution < 1.29 is 9.84 Å². The zero-order chi connectivity index (χ0) is 21.9. The number of rotatable bonds is 6. The summed E-state index contributed by atoms with van der Waals surface area (Å²) in [5.74, 6) is 1.94. The van der Waals surface area contributed by atoms with Gasteiger partial charge in [-0.1, -0.05) is 60.7 Å². The molecule has 0 amide bonds. The Morgan fingerprint density at radius 1 is 1.03 bits per heavy atom. The second-order valence-electron chi connectivity index (χ2n) is 8.27. The molecule has 0 bridgehead atoms. The molecule has 0 saturated carbocycles. The maximum absolute atomic E-state index is 10.9. The maximum Gasteiger partial charge on any atom is 0.158 e. The van der Waals surface area contributed by atoms with E-state index in [0.717, 1.165) is 47.5 Å². The van der Waals surface area contributed by atoms with Crippen LogP contribution in [0.15, 0.2) is 66.0 Å². The van der Waals surface area contributed by atoms with Gasteiger partial charge in [0.25, 0.3) is 0 Å². The van der Waals surface area contributed by atoms with Gasteiger partial charge < -0.3 is 14.7 Å². The normalized spacial score (nSPS) is 15.9. The van der Waals surface area contributed by atoms with E-state index in [-0.39, 0.29) is 5.92 Å². The number of thiophene rings is 1. The van der Waals surface area contributed by atoms with Crippen molar-refractivity contribution in [2.75, 3.05) is 25.1 Å². The van der Waals surface area contributed by atoms with Crippen LogP contribution in [0.4, 0.5) is 5.82 Å². The van der Waals surface area contributed by atoms with E-state index in [2.05, 4.69) is 34.5 Å². The zero-order valence-electron chi connectivity index (χ0n) is 18.1. The average molecular weight is 446 g/mol. The number of fused-ring (bicyclic) bond motifs is 1. The minimum absolute atomic E-state index is 0.250. The molecular formula is C26H27N3O2S. The van der Waals surface area contributed by atoms with Crippen LogP contribution >= 0.6 is 11.3 Å². The van der Waals surface area contributed by atoms with Crippen molar-refractivity contribution in [2.24, 2.45) is 5.92 Å². The predicted molar refractivity (Wildman–Crippen MR) is 130 cm³/mol. The lowest BCUT2D eigenvalue weighted by atomic mass is 9.87. The van der Waals surface area contributed by atoms with Crippen molar-refractivity contribution in [3.8, 4) is 11.1 Å². The van der Waals surface area contributed by atoms with E-state index in [4.69, 9.17) is 14.7 Å². The number of aromatic nitrogens is 2. The number of hydrogen-bond acceptors (Lipinski definition) is 6. The number of methoxy groups -OCH3 is 1. The number of ether oxygens (including phenoxy) is 1. The lowest BCUT2D eigenvalue weighted by Crippen LogP contribution is -2.36. The topological polar surface area (TPSA) is 58.5 Å². The first-order valence-corrected chi connectivity index (χ1v) is 11.9. The third-order valence-corrected chi connectivity index (χ3v) is 7.12. The molecule has 4 aromatic rings. The Labute approximate surface area is 192 Å². The molecule has 1 atom stereocenters. The Balaban J connectivity index is 1.46. The molecule has 32 heavy (non-hydrogen) atoms. The molecule has 164 valence electrons. The summed E-state index contributed by atoms with van der Waals surface area (Å²) < 4.78 is 5.34. The quantitative estimate of drug-likeness (QED) is 0.427. The minimum atomic E-state index is -0.422. The number of hydrogen-bond donors (Lipinski definition) is 1. The van der Waals surface area contributed by atoms with E-state index in [1.807, 2.05) is 36.4 Å². The van der Waals surface area contributed by atoms with Crippen LogP contribution in [0.25, 0.3) is 21.3 Å². The van der Waals surface area contributed by atoms with Gasteiger partial charge in [-0.25, -0.2) is 9.97 Å². The molecule has 5 rings (SSSR count). The molecule has 1 aliphatic rings. The van der Waals surface area contributed by atoms with Crippen LogP contribution in [-0.2, 0) is 11.3 Å². The fraction of sp³-hybridized carbons (Fsp3) is 0.308. The third-order valence-electron chi connectivity index (χ3n) is 6.25. The molecule has 1 saturated heterocycles. The lowest BCUT2D eigenvalue weighted by Gasteiger charge is -2.35. The van der Waals surface area contributed by atoms with Crippen molar-refractivity contribution in [3.05, 3.63) is 77.4 Å². The highest BCUT2D eigenvalue weighted by Crippen LogP contribution is 2.40. The number of aliphatic hydroxyl groups is 1. The van der Waals surface area contributed by atoms with Gasteiger partial charge in [-0.2, -0.15) is 0 Å². The number of aliphatic hydroxyl groups excluding tert-OH is 1. The van der Waals surface area contributed by atoms with Crippen molar-refractivity contribution in [3.63, 3.8) is 0 Å². The summed E-state index contributed by atoms with van der Waals surface area (Å²) in [4.78, 5) is 13.1. The van der Waals surface area contributed by atoms with E-state index in [1.165, 1.54) is 11.1 Å². The highest BCUT2D eigenvalue weighted by molar-refractivity contribution is 7.17. The molecule has 1 unspecified atom stereocenters. The predicted octanol–water partition coefficient (Wildman–Crippen LogP) is 5.45. The van der Waals surface area contributed by atoms with Gasteiger partial charge in [0.15, 0.2) is 5.82 Å². The van der Waals surface area contributed by atoms with Crippen LogP contribution in [0.1, 0.15) is 30.3 Å². The standard InChI is InChI=1S/C26H27N3O2S/c1-31-16-22-27-25(23-21(17-32-26(23)28-22)18-8-4-2-5-9-18)29-14-12-20(13-15-29)24(30)19-10-6-3-7-11-19/h2-11,17,20,24,30H,12-16H2,1H3. The average Bonchev–Trinajstić information content (AvgIpc) is 3.29. The van der Waals surface area contributed by atoms with Crippen LogP contribution in [0, 0.1) is 5.92 Å². The van der Waals surface area contributed by atoms with Gasteiger partial charge in [-0.15, -0.1) is 11.3 Å². The van der Waals surface area contributed by atoms with Gasteiger partial charge in [0.1, 0.15) is 17.3 Å². The van der Waals surface area contributed by atoms with E-state index in [0.29, 0.717) is 12.4 Å². The Bertz CT molecular complexity index is 1170. The fourth-order valence-corrected chi connectivity index (χ4v) is 5.53. The molecule has 1 fully saturated rings. The van der Waals surface area contributed by atoms with Crippen molar-refractivity contribution in [1.29, 1.82) is 0 Å². The molecule has 1 N–H and O–H groups in total. The summed E-state index contributed by atoms with van der Waals surface area (Å²) in [5, 5.41) is 14.2. The van der Waals surface area contributed by atoms with E-state index < -0.39 is 6.10 Å². The second-order valence-corrected chi connectivity index (χ2v) is 9.13. The van der Waals surface area contributed by atoms with Gasteiger partial charge in [0.05, 0.1) is 11.5 Å². The molecule has 0 aliphatic carbocycles. The monoisotopic (exact) mass is 445 g/mol. The Morgan fingerprint density at radius 3 is 2.41 bits per heavy atom. The first-order valence-electron chi connectivity index (χ1n) is 11.0. The number of anilines is 1. The van der Waals surface area contributed by atoms with Gasteiger partial charge in [0.2, 0.25) is 0 Å². The van der Waals surface area contributed by atoms with Crippen LogP contribution < -0.4 is 4.90 Å². The Morgan fingerprint density at radius 2 is 1.72 bits per heavy atom. The zero-order valence-corrected chi connectivity index (χ0v) is 19.0. The van der Waals surface area contributed by atoms with E-state index in [1.54, 1.807) is 18.4 Å². The van der Waals surface area contributed by atoms with Gasteiger partial charge in [-0.05, 0) is 29.9 Å².